The Labute approximate surface area is 152 Å². The summed E-state index contributed by atoms with van der Waals surface area (Å²) in [6, 6.07) is 17.7. The summed E-state index contributed by atoms with van der Waals surface area (Å²) in [6.45, 7) is 5.87. The molecule has 0 bridgehead atoms. The van der Waals surface area contributed by atoms with E-state index in [4.69, 9.17) is 5.73 Å². The van der Waals surface area contributed by atoms with Crippen LogP contribution in [0, 0.1) is 11.3 Å². The first-order valence-corrected chi connectivity index (χ1v) is 9.47. The Morgan fingerprint density at radius 2 is 1.84 bits per heavy atom. The Morgan fingerprint density at radius 1 is 1.20 bits per heavy atom. The van der Waals surface area contributed by atoms with Crippen molar-refractivity contribution in [1.29, 1.82) is 5.26 Å². The number of anilines is 1. The lowest BCUT2D eigenvalue weighted by molar-refractivity contribution is 0.539. The number of nitrogens with two attached hydrogens (primary N) is 1. The van der Waals surface area contributed by atoms with E-state index >= 15 is 0 Å². The number of benzene rings is 2. The van der Waals surface area contributed by atoms with E-state index in [9.17, 15) is 9.81 Å². The van der Waals surface area contributed by atoms with Crippen molar-refractivity contribution in [3.8, 4) is 6.07 Å². The van der Waals surface area contributed by atoms with Gasteiger partial charge in [0.2, 0.25) is 0 Å². The second-order valence-corrected chi connectivity index (χ2v) is 9.54. The van der Waals surface area contributed by atoms with Crippen LogP contribution >= 0.6 is 0 Å². The van der Waals surface area contributed by atoms with Crippen LogP contribution in [-0.4, -0.2) is 15.3 Å². The van der Waals surface area contributed by atoms with Crippen LogP contribution in [-0.2, 0) is 16.8 Å². The molecule has 130 valence electrons. The van der Waals surface area contributed by atoms with Gasteiger partial charge >= 0.3 is 0 Å². The molecule has 1 fully saturated rings. The van der Waals surface area contributed by atoms with Gasteiger partial charge in [-0.05, 0) is 62.6 Å². The van der Waals surface area contributed by atoms with Gasteiger partial charge in [0, 0.05) is 22.5 Å². The third kappa shape index (κ3) is 3.38. The zero-order chi connectivity index (χ0) is 18.2. The molecule has 2 aromatic rings. The van der Waals surface area contributed by atoms with Gasteiger partial charge in [-0.3, -0.25) is 0 Å². The summed E-state index contributed by atoms with van der Waals surface area (Å²) in [4.78, 5) is 0. The second kappa shape index (κ2) is 6.38. The van der Waals surface area contributed by atoms with Gasteiger partial charge in [0.1, 0.15) is 4.75 Å². The van der Waals surface area contributed by atoms with Crippen molar-refractivity contribution in [2.24, 2.45) is 0 Å². The quantitative estimate of drug-likeness (QED) is 0.653. The van der Waals surface area contributed by atoms with Gasteiger partial charge in [-0.2, -0.15) is 5.26 Å². The lowest BCUT2D eigenvalue weighted by atomic mass is 9.86. The van der Waals surface area contributed by atoms with Crippen molar-refractivity contribution in [3.63, 3.8) is 0 Å². The molecule has 2 aromatic carbocycles. The second-order valence-electron chi connectivity index (χ2n) is 7.55. The minimum Gasteiger partial charge on any atom is -0.598 e. The molecule has 2 unspecified atom stereocenters. The normalized spacial score (nSPS) is 23.7. The Kier molecular flexibility index (Phi) is 4.54. The molecule has 3 rings (SSSR count). The third-order valence-corrected chi connectivity index (χ3v) is 6.29. The summed E-state index contributed by atoms with van der Waals surface area (Å²) in [5, 5.41) is 9.25. The largest absolute Gasteiger partial charge is 0.598 e. The van der Waals surface area contributed by atoms with Gasteiger partial charge in [0.05, 0.1) is 17.7 Å². The molecule has 4 nitrogen and oxygen atoms in total. The van der Waals surface area contributed by atoms with Gasteiger partial charge in [-0.1, -0.05) is 24.3 Å². The summed E-state index contributed by atoms with van der Waals surface area (Å²) in [7, 11) is 0. The van der Waals surface area contributed by atoms with E-state index in [0.717, 1.165) is 17.5 Å². The number of rotatable bonds is 4. The topological polar surface area (TPSA) is 84.9 Å². The first-order chi connectivity index (χ1) is 11.8. The Hall–Kier alpha value is -2.00. The van der Waals surface area contributed by atoms with Crippen molar-refractivity contribution in [2.75, 3.05) is 5.73 Å². The molecule has 0 amide bonds. The number of hydrogen-bond acceptors (Lipinski definition) is 4. The molecule has 0 saturated heterocycles. The minimum atomic E-state index is -1.16. The Bertz CT molecular complexity index is 824. The fourth-order valence-electron chi connectivity index (χ4n) is 3.20. The van der Waals surface area contributed by atoms with E-state index in [1.807, 2.05) is 57.2 Å². The van der Waals surface area contributed by atoms with Crippen LogP contribution in [0.1, 0.15) is 43.9 Å². The molecule has 0 radical (unpaired) electrons. The highest BCUT2D eigenvalue weighted by molar-refractivity contribution is 7.90. The molecule has 5 heteroatoms. The van der Waals surface area contributed by atoms with E-state index in [-0.39, 0.29) is 16.2 Å². The Morgan fingerprint density at radius 3 is 2.44 bits per heavy atom. The molecule has 25 heavy (non-hydrogen) atoms. The van der Waals surface area contributed by atoms with Gasteiger partial charge < -0.3 is 10.3 Å². The zero-order valence-corrected chi connectivity index (χ0v) is 15.6. The molecule has 0 aromatic heterocycles. The predicted molar refractivity (Wildman–Crippen MR) is 102 cm³/mol. The number of nitrogens with zero attached hydrogens (tertiary/aromatic N) is 1. The average molecular weight is 353 g/mol. The van der Waals surface area contributed by atoms with Crippen molar-refractivity contribution in [2.45, 2.75) is 43.4 Å². The molecule has 0 spiro atoms. The minimum absolute atomic E-state index is 0.0447. The number of nitrogen functional groups attached to an aromatic ring is 1. The highest BCUT2D eigenvalue weighted by atomic mass is 32.2. The van der Waals surface area contributed by atoms with Crippen molar-refractivity contribution in [3.05, 3.63) is 65.2 Å². The molecule has 0 heterocycles. The molecule has 1 saturated carbocycles. The number of nitriles is 1. The maximum atomic E-state index is 12.6. The maximum absolute atomic E-state index is 12.6. The van der Waals surface area contributed by atoms with Crippen LogP contribution in [0.4, 0.5) is 5.69 Å². The monoisotopic (exact) mass is 353 g/mol. The van der Waals surface area contributed by atoms with Crippen LogP contribution in [0.15, 0.2) is 48.5 Å². The molecule has 3 N–H and O–H groups in total. The van der Waals surface area contributed by atoms with Gasteiger partial charge in [-0.15, -0.1) is 4.72 Å². The summed E-state index contributed by atoms with van der Waals surface area (Å²) in [6.07, 6.45) is 0.827. The number of nitrogens with one attached hydrogen (secondary N) is 1. The fraction of sp³-hybridized carbons (Fsp3) is 0.350. The maximum Gasteiger partial charge on any atom is 0.136 e. The standard InChI is InChI=1S/C20H23N3OS/c1-19(2,3)25(24)23-18-12-20(18,16-8-5-9-17(22)11-16)15-7-4-6-14(10-15)13-21/h4-11,18,23H,12,22H2,1-3H3/t18?,20?,25-/m1/s1. The first kappa shape index (κ1) is 17.8. The summed E-state index contributed by atoms with van der Waals surface area (Å²) in [5.74, 6) is 0. The lowest BCUT2D eigenvalue weighted by Gasteiger charge is -2.26. The summed E-state index contributed by atoms with van der Waals surface area (Å²) in [5.41, 5.74) is 9.18. The van der Waals surface area contributed by atoms with Gasteiger partial charge in [0.15, 0.2) is 0 Å². The molecule has 1 aliphatic rings. The highest BCUT2D eigenvalue weighted by Crippen LogP contribution is 2.54. The van der Waals surface area contributed by atoms with E-state index in [2.05, 4.69) is 16.9 Å². The van der Waals surface area contributed by atoms with E-state index in [0.29, 0.717) is 11.3 Å². The van der Waals surface area contributed by atoms with Gasteiger partial charge in [-0.25, -0.2) is 0 Å². The van der Waals surface area contributed by atoms with E-state index in [1.54, 1.807) is 6.07 Å². The molecule has 0 aliphatic heterocycles. The van der Waals surface area contributed by atoms with Gasteiger partial charge in [0.25, 0.3) is 0 Å². The smallest absolute Gasteiger partial charge is 0.136 e. The van der Waals surface area contributed by atoms with Crippen LogP contribution in [0.2, 0.25) is 0 Å². The van der Waals surface area contributed by atoms with Crippen LogP contribution in [0.25, 0.3) is 0 Å². The lowest BCUT2D eigenvalue weighted by Crippen LogP contribution is -2.42. The Balaban J connectivity index is 2.01. The number of hydrogen-bond donors (Lipinski definition) is 2. The fourth-order valence-corrected chi connectivity index (χ4v) is 4.09. The molecular weight excluding hydrogens is 330 g/mol. The van der Waals surface area contributed by atoms with Crippen molar-refractivity contribution >= 4 is 17.0 Å². The molecule has 1 aliphatic carbocycles. The van der Waals surface area contributed by atoms with Crippen LogP contribution in [0.3, 0.4) is 0 Å². The summed E-state index contributed by atoms with van der Waals surface area (Å²) < 4.78 is 15.5. The molecular formula is C20H23N3OS. The SMILES string of the molecule is CC(C)(C)[S@@+]([O-])NC1CC1(c1cccc(N)c1)c1cccc(C#N)c1. The van der Waals surface area contributed by atoms with E-state index in [1.165, 1.54) is 0 Å². The molecule has 3 atom stereocenters. The van der Waals surface area contributed by atoms with Crippen molar-refractivity contribution in [1.82, 2.24) is 4.72 Å². The summed E-state index contributed by atoms with van der Waals surface area (Å²) >= 11 is -1.16. The average Bonchev–Trinajstić information content (AvgIpc) is 3.29. The predicted octanol–water partition coefficient (Wildman–Crippen LogP) is 3.25. The highest BCUT2D eigenvalue weighted by Gasteiger charge is 2.59. The third-order valence-electron chi connectivity index (χ3n) is 4.67. The van der Waals surface area contributed by atoms with Crippen LogP contribution in [0.5, 0.6) is 0 Å². The zero-order valence-electron chi connectivity index (χ0n) is 14.7. The van der Waals surface area contributed by atoms with Crippen molar-refractivity contribution < 1.29 is 4.55 Å². The first-order valence-electron chi connectivity index (χ1n) is 8.32. The van der Waals surface area contributed by atoms with E-state index < -0.39 is 11.4 Å². The van der Waals surface area contributed by atoms with Crippen LogP contribution < -0.4 is 10.5 Å².